The SMILES string of the molecule is BC(C)n1nc(C)cc1C. The predicted octanol–water partition coefficient (Wildman–Crippen LogP) is 0.652. The maximum Gasteiger partial charge on any atom is 0.133 e. The molecule has 1 aromatic rings. The third kappa shape index (κ3) is 1.23. The molecular weight excluding hydrogens is 123 g/mol. The van der Waals surface area contributed by atoms with Gasteiger partial charge < -0.3 is 0 Å². The third-order valence-electron chi connectivity index (χ3n) is 1.53. The van der Waals surface area contributed by atoms with Crippen molar-refractivity contribution in [3.05, 3.63) is 17.5 Å². The number of aromatic nitrogens is 2. The van der Waals surface area contributed by atoms with E-state index in [1.807, 2.05) is 11.6 Å². The Morgan fingerprint density at radius 3 is 2.40 bits per heavy atom. The highest BCUT2D eigenvalue weighted by atomic mass is 15.3. The van der Waals surface area contributed by atoms with Crippen LogP contribution in [-0.2, 0) is 0 Å². The summed E-state index contributed by atoms with van der Waals surface area (Å²) in [6.07, 6.45) is 0. The maximum absolute atomic E-state index is 4.33. The molecule has 0 fully saturated rings. The highest BCUT2D eigenvalue weighted by Gasteiger charge is 2.02. The van der Waals surface area contributed by atoms with Crippen LogP contribution < -0.4 is 0 Å². The van der Waals surface area contributed by atoms with Crippen molar-refractivity contribution in [3.63, 3.8) is 0 Å². The van der Waals surface area contributed by atoms with E-state index in [9.17, 15) is 0 Å². The van der Waals surface area contributed by atoms with Gasteiger partial charge in [-0.05, 0) is 19.9 Å². The average molecular weight is 136 g/mol. The molecule has 1 atom stereocenters. The molecule has 0 radical (unpaired) electrons. The van der Waals surface area contributed by atoms with Crippen molar-refractivity contribution in [3.8, 4) is 0 Å². The lowest BCUT2D eigenvalue weighted by atomic mass is 9.99. The monoisotopic (exact) mass is 136 g/mol. The zero-order valence-corrected chi connectivity index (χ0v) is 7.05. The molecule has 0 amide bonds. The fourth-order valence-corrected chi connectivity index (χ4v) is 1.17. The standard InChI is InChI=1S/C7H13BN2/c1-5-4-6(2)10(9-5)7(3)8/h4,7H,8H2,1-3H3. The van der Waals surface area contributed by atoms with E-state index in [2.05, 4.69) is 32.9 Å². The van der Waals surface area contributed by atoms with Gasteiger partial charge in [-0.25, -0.2) is 0 Å². The van der Waals surface area contributed by atoms with Gasteiger partial charge >= 0.3 is 0 Å². The van der Waals surface area contributed by atoms with Crippen molar-refractivity contribution in [2.45, 2.75) is 26.7 Å². The van der Waals surface area contributed by atoms with E-state index in [4.69, 9.17) is 0 Å². The summed E-state index contributed by atoms with van der Waals surface area (Å²) < 4.78 is 2.04. The van der Waals surface area contributed by atoms with Gasteiger partial charge in [0, 0.05) is 11.6 Å². The normalized spacial score (nSPS) is 13.5. The summed E-state index contributed by atoms with van der Waals surface area (Å²) in [5.74, 6) is 0.480. The minimum atomic E-state index is 0.480. The van der Waals surface area contributed by atoms with Crippen LogP contribution in [0, 0.1) is 13.8 Å². The summed E-state index contributed by atoms with van der Waals surface area (Å²) in [6, 6.07) is 2.10. The molecule has 1 unspecified atom stereocenters. The molecule has 0 bridgehead atoms. The molecule has 10 heavy (non-hydrogen) atoms. The molecule has 0 aliphatic rings. The lowest BCUT2D eigenvalue weighted by Crippen LogP contribution is -2.07. The van der Waals surface area contributed by atoms with Crippen LogP contribution in [0.4, 0.5) is 0 Å². The quantitative estimate of drug-likeness (QED) is 0.518. The van der Waals surface area contributed by atoms with Gasteiger partial charge in [0.1, 0.15) is 7.85 Å². The first-order valence-corrected chi connectivity index (χ1v) is 3.64. The topological polar surface area (TPSA) is 17.8 Å². The van der Waals surface area contributed by atoms with Crippen molar-refractivity contribution in [2.75, 3.05) is 0 Å². The second kappa shape index (κ2) is 2.49. The van der Waals surface area contributed by atoms with Gasteiger partial charge in [0.25, 0.3) is 0 Å². The third-order valence-corrected chi connectivity index (χ3v) is 1.53. The largest absolute Gasteiger partial charge is 0.275 e. The molecule has 1 heterocycles. The minimum absolute atomic E-state index is 0.480. The Kier molecular flexibility index (Phi) is 1.83. The van der Waals surface area contributed by atoms with E-state index in [1.54, 1.807) is 0 Å². The molecule has 0 aliphatic carbocycles. The Labute approximate surface area is 62.7 Å². The smallest absolute Gasteiger partial charge is 0.133 e. The van der Waals surface area contributed by atoms with Crippen molar-refractivity contribution < 1.29 is 0 Å². The Morgan fingerprint density at radius 2 is 2.20 bits per heavy atom. The van der Waals surface area contributed by atoms with Crippen LogP contribution in [0.2, 0.25) is 0 Å². The number of hydrogen-bond acceptors (Lipinski definition) is 1. The number of rotatable bonds is 1. The van der Waals surface area contributed by atoms with Crippen molar-refractivity contribution in [1.29, 1.82) is 0 Å². The molecule has 0 saturated carbocycles. The Morgan fingerprint density at radius 1 is 1.60 bits per heavy atom. The number of hydrogen-bond donors (Lipinski definition) is 0. The average Bonchev–Trinajstić information content (AvgIpc) is 2.10. The molecular formula is C7H13BN2. The lowest BCUT2D eigenvalue weighted by molar-refractivity contribution is 0.609. The highest BCUT2D eigenvalue weighted by molar-refractivity contribution is 6.10. The van der Waals surface area contributed by atoms with Crippen LogP contribution in [0.15, 0.2) is 6.07 Å². The van der Waals surface area contributed by atoms with Gasteiger partial charge in [0.15, 0.2) is 0 Å². The Bertz CT molecular complexity index is 228. The van der Waals surface area contributed by atoms with Crippen LogP contribution in [0.25, 0.3) is 0 Å². The van der Waals surface area contributed by atoms with Crippen molar-refractivity contribution in [2.24, 2.45) is 0 Å². The van der Waals surface area contributed by atoms with Gasteiger partial charge in [0.05, 0.1) is 5.69 Å². The van der Waals surface area contributed by atoms with Gasteiger partial charge in [-0.2, -0.15) is 5.10 Å². The zero-order chi connectivity index (χ0) is 7.72. The van der Waals surface area contributed by atoms with E-state index in [-0.39, 0.29) is 0 Å². The Balaban J connectivity index is 3.03. The molecule has 1 aromatic heterocycles. The van der Waals surface area contributed by atoms with Crippen LogP contribution in [-0.4, -0.2) is 17.6 Å². The molecule has 0 spiro atoms. The number of nitrogens with zero attached hydrogens (tertiary/aromatic N) is 2. The first-order valence-electron chi connectivity index (χ1n) is 3.64. The second-order valence-corrected chi connectivity index (χ2v) is 2.97. The highest BCUT2D eigenvalue weighted by Crippen LogP contribution is 2.06. The molecule has 0 N–H and O–H groups in total. The fraction of sp³-hybridized carbons (Fsp3) is 0.571. The minimum Gasteiger partial charge on any atom is -0.275 e. The summed E-state index contributed by atoms with van der Waals surface area (Å²) in [5, 5.41) is 4.33. The van der Waals surface area contributed by atoms with E-state index in [0.717, 1.165) is 5.69 Å². The molecule has 1 rings (SSSR count). The van der Waals surface area contributed by atoms with Gasteiger partial charge in [-0.3, -0.25) is 4.68 Å². The van der Waals surface area contributed by atoms with Crippen molar-refractivity contribution >= 4 is 7.85 Å². The van der Waals surface area contributed by atoms with Crippen LogP contribution >= 0.6 is 0 Å². The summed E-state index contributed by atoms with van der Waals surface area (Å²) in [6.45, 7) is 6.24. The molecule has 2 nitrogen and oxygen atoms in total. The van der Waals surface area contributed by atoms with Gasteiger partial charge in [0.2, 0.25) is 0 Å². The fourth-order valence-electron chi connectivity index (χ4n) is 1.17. The Hall–Kier alpha value is -0.725. The first-order chi connectivity index (χ1) is 4.61. The maximum atomic E-state index is 4.33. The molecule has 0 aliphatic heterocycles. The number of aryl methyl sites for hydroxylation is 2. The van der Waals surface area contributed by atoms with Crippen LogP contribution in [0.5, 0.6) is 0 Å². The summed E-state index contributed by atoms with van der Waals surface area (Å²) in [5.41, 5.74) is 2.35. The first kappa shape index (κ1) is 7.38. The predicted molar refractivity (Wildman–Crippen MR) is 45.0 cm³/mol. The molecule has 3 heteroatoms. The zero-order valence-electron chi connectivity index (χ0n) is 7.05. The molecule has 54 valence electrons. The van der Waals surface area contributed by atoms with E-state index < -0.39 is 0 Å². The summed E-state index contributed by atoms with van der Waals surface area (Å²) >= 11 is 0. The van der Waals surface area contributed by atoms with E-state index in [0.29, 0.717) is 5.94 Å². The van der Waals surface area contributed by atoms with Gasteiger partial charge in [-0.15, -0.1) is 0 Å². The summed E-state index contributed by atoms with van der Waals surface area (Å²) in [7, 11) is 2.14. The van der Waals surface area contributed by atoms with E-state index in [1.165, 1.54) is 5.69 Å². The van der Waals surface area contributed by atoms with E-state index >= 15 is 0 Å². The summed E-state index contributed by atoms with van der Waals surface area (Å²) in [4.78, 5) is 0. The second-order valence-electron chi connectivity index (χ2n) is 2.97. The van der Waals surface area contributed by atoms with Gasteiger partial charge in [-0.1, -0.05) is 6.92 Å². The lowest BCUT2D eigenvalue weighted by Gasteiger charge is -2.06. The van der Waals surface area contributed by atoms with Crippen molar-refractivity contribution in [1.82, 2.24) is 9.78 Å². The van der Waals surface area contributed by atoms with Crippen LogP contribution in [0.3, 0.4) is 0 Å². The molecule has 0 aromatic carbocycles. The van der Waals surface area contributed by atoms with Crippen LogP contribution in [0.1, 0.15) is 24.3 Å². The molecule has 0 saturated heterocycles.